The Labute approximate surface area is 218 Å². The van der Waals surface area contributed by atoms with Gasteiger partial charge in [-0.15, -0.1) is 0 Å². The van der Waals surface area contributed by atoms with Gasteiger partial charge in [0.1, 0.15) is 0 Å². The summed E-state index contributed by atoms with van der Waals surface area (Å²) in [4.78, 5) is 19.4. The lowest BCUT2D eigenvalue weighted by atomic mass is 9.86. The third-order valence-electron chi connectivity index (χ3n) is 8.12. The second-order valence-corrected chi connectivity index (χ2v) is 11.4. The van der Waals surface area contributed by atoms with Crippen LogP contribution in [0.1, 0.15) is 47.4 Å². The number of nitrogens with zero attached hydrogens (tertiary/aromatic N) is 3. The molecule has 7 heteroatoms. The lowest BCUT2D eigenvalue weighted by molar-refractivity contribution is -0.136. The van der Waals surface area contributed by atoms with Crippen LogP contribution in [0.3, 0.4) is 0 Å². The molecule has 1 amide bonds. The molecular formula is C28H35Cl2N3O2. The van der Waals surface area contributed by atoms with Crippen LogP contribution in [0.25, 0.3) is 0 Å². The molecule has 0 aromatic heterocycles. The molecule has 3 aliphatic heterocycles. The third kappa shape index (κ3) is 5.20. The average molecular weight is 517 g/mol. The summed E-state index contributed by atoms with van der Waals surface area (Å²) in [5.41, 5.74) is 6.43. The second-order valence-electron chi connectivity index (χ2n) is 10.6. The molecule has 3 heterocycles. The van der Waals surface area contributed by atoms with Gasteiger partial charge in [0.2, 0.25) is 5.91 Å². The molecule has 2 aromatic rings. The van der Waals surface area contributed by atoms with Crippen molar-refractivity contribution >= 4 is 34.8 Å². The van der Waals surface area contributed by atoms with Gasteiger partial charge in [0.25, 0.3) is 0 Å². The Kier molecular flexibility index (Phi) is 7.32. The monoisotopic (exact) mass is 515 g/mol. The van der Waals surface area contributed by atoms with E-state index in [2.05, 4.69) is 35.8 Å². The zero-order valence-electron chi connectivity index (χ0n) is 20.6. The number of carbonyl (C=O) groups excluding carboxylic acids is 1. The number of para-hydroxylation sites is 1. The molecule has 0 radical (unpaired) electrons. The summed E-state index contributed by atoms with van der Waals surface area (Å²) in [5.74, 6) is 0.833. The van der Waals surface area contributed by atoms with Crippen molar-refractivity contribution in [3.05, 3.63) is 62.6 Å². The quantitative estimate of drug-likeness (QED) is 0.607. The van der Waals surface area contributed by atoms with Crippen LogP contribution < -0.4 is 4.90 Å². The Morgan fingerprint density at radius 1 is 0.971 bits per heavy atom. The summed E-state index contributed by atoms with van der Waals surface area (Å²) in [6.07, 6.45) is 2.19. The molecule has 3 aliphatic rings. The fourth-order valence-electron chi connectivity index (χ4n) is 5.94. The Morgan fingerprint density at radius 3 is 2.17 bits per heavy atom. The molecule has 0 aliphatic carbocycles. The van der Waals surface area contributed by atoms with Gasteiger partial charge in [-0.2, -0.15) is 0 Å². The van der Waals surface area contributed by atoms with E-state index in [-0.39, 0.29) is 17.9 Å². The van der Waals surface area contributed by atoms with Gasteiger partial charge in [0.15, 0.2) is 0 Å². The van der Waals surface area contributed by atoms with Gasteiger partial charge < -0.3 is 14.9 Å². The topological polar surface area (TPSA) is 47.0 Å². The van der Waals surface area contributed by atoms with Crippen LogP contribution in [-0.2, 0) is 11.3 Å². The lowest BCUT2D eigenvalue weighted by Crippen LogP contribution is -2.45. The molecule has 0 saturated carbocycles. The molecule has 3 saturated heterocycles. The molecule has 1 atom stereocenters. The summed E-state index contributed by atoms with van der Waals surface area (Å²) in [6.45, 7) is 10.3. The van der Waals surface area contributed by atoms with Crippen LogP contribution >= 0.6 is 23.2 Å². The minimum absolute atomic E-state index is 0.106. The zero-order valence-corrected chi connectivity index (χ0v) is 22.2. The number of aryl methyl sites for hydroxylation is 2. The number of rotatable bonds is 5. The van der Waals surface area contributed by atoms with Gasteiger partial charge in [-0.1, -0.05) is 41.4 Å². The Bertz CT molecular complexity index is 1050. The number of anilines is 1. The maximum absolute atomic E-state index is 12.8. The first kappa shape index (κ1) is 24.9. The molecule has 5 nitrogen and oxygen atoms in total. The number of amides is 1. The fraction of sp³-hybridized carbons (Fsp3) is 0.536. The first-order valence-electron chi connectivity index (χ1n) is 12.8. The van der Waals surface area contributed by atoms with Gasteiger partial charge in [-0.05, 0) is 80.6 Å². The number of hydrogen-bond acceptors (Lipinski definition) is 4. The van der Waals surface area contributed by atoms with Crippen LogP contribution in [0, 0.1) is 19.8 Å². The van der Waals surface area contributed by atoms with Gasteiger partial charge in [0.05, 0.1) is 21.8 Å². The number of piperidine rings is 1. The van der Waals surface area contributed by atoms with Crippen molar-refractivity contribution in [3.63, 3.8) is 0 Å². The van der Waals surface area contributed by atoms with Crippen LogP contribution in [-0.4, -0.2) is 66.2 Å². The molecule has 5 rings (SSSR count). The molecule has 0 bridgehead atoms. The smallest absolute Gasteiger partial charge is 0.225 e. The SMILES string of the molecule is Cc1cc(C2CN(c3c(Cl)cccc3Cl)C2)cc(C)c1CN1CCC(C(=O)N2CCC(O)C2)CC1. The van der Waals surface area contributed by atoms with E-state index < -0.39 is 0 Å². The van der Waals surface area contributed by atoms with Crippen molar-refractivity contribution in [1.29, 1.82) is 0 Å². The van der Waals surface area contributed by atoms with E-state index >= 15 is 0 Å². The number of benzene rings is 2. The standard InChI is InChI=1S/C28H35Cl2N3O2/c1-18-12-21(22-14-33(15-22)27-25(29)4-3-5-26(27)30)13-19(2)24(18)17-31-9-6-20(7-10-31)28(35)32-11-8-23(34)16-32/h3-5,12-13,20,22-23,34H,6-11,14-17H2,1-2H3. The minimum Gasteiger partial charge on any atom is -0.391 e. The van der Waals surface area contributed by atoms with Crippen molar-refractivity contribution in [2.75, 3.05) is 44.2 Å². The van der Waals surface area contributed by atoms with Crippen LogP contribution in [0.2, 0.25) is 10.0 Å². The van der Waals surface area contributed by atoms with Crippen molar-refractivity contribution in [3.8, 4) is 0 Å². The van der Waals surface area contributed by atoms with E-state index in [1.54, 1.807) is 0 Å². The third-order valence-corrected chi connectivity index (χ3v) is 8.73. The van der Waals surface area contributed by atoms with Crippen molar-refractivity contribution in [1.82, 2.24) is 9.80 Å². The highest BCUT2D eigenvalue weighted by Crippen LogP contribution is 2.40. The van der Waals surface area contributed by atoms with E-state index in [1.807, 2.05) is 23.1 Å². The van der Waals surface area contributed by atoms with Gasteiger partial charge in [-0.3, -0.25) is 9.69 Å². The van der Waals surface area contributed by atoms with Crippen molar-refractivity contribution in [2.45, 2.75) is 51.7 Å². The lowest BCUT2D eigenvalue weighted by Gasteiger charge is -2.42. The number of halogens is 2. The predicted molar refractivity (Wildman–Crippen MR) is 143 cm³/mol. The number of hydrogen-bond donors (Lipinski definition) is 1. The molecule has 0 spiro atoms. The highest BCUT2D eigenvalue weighted by Gasteiger charge is 2.33. The normalized spacial score (nSPS) is 22.0. The molecule has 1 N–H and O–H groups in total. The summed E-state index contributed by atoms with van der Waals surface area (Å²) in [5, 5.41) is 11.2. The number of aliphatic hydroxyl groups excluding tert-OH is 1. The largest absolute Gasteiger partial charge is 0.391 e. The van der Waals surface area contributed by atoms with Crippen LogP contribution in [0.15, 0.2) is 30.3 Å². The average Bonchev–Trinajstić information content (AvgIpc) is 3.23. The summed E-state index contributed by atoms with van der Waals surface area (Å²) >= 11 is 12.8. The zero-order chi connectivity index (χ0) is 24.7. The maximum atomic E-state index is 12.8. The second kappa shape index (κ2) is 10.3. The summed E-state index contributed by atoms with van der Waals surface area (Å²) in [7, 11) is 0. The van der Waals surface area contributed by atoms with Crippen molar-refractivity contribution in [2.24, 2.45) is 5.92 Å². The highest BCUT2D eigenvalue weighted by atomic mass is 35.5. The van der Waals surface area contributed by atoms with Gasteiger partial charge in [0, 0.05) is 44.6 Å². The number of β-amino-alcohol motifs (C(OH)–C–C–N with tert-alkyl or cyclic N) is 1. The summed E-state index contributed by atoms with van der Waals surface area (Å²) in [6, 6.07) is 10.4. The predicted octanol–water partition coefficient (Wildman–Crippen LogP) is 5.02. The molecular weight excluding hydrogens is 481 g/mol. The fourth-order valence-corrected chi connectivity index (χ4v) is 6.57. The van der Waals surface area contributed by atoms with Crippen molar-refractivity contribution < 1.29 is 9.90 Å². The van der Waals surface area contributed by atoms with E-state index in [9.17, 15) is 9.90 Å². The minimum atomic E-state index is -0.343. The number of aliphatic hydroxyl groups is 1. The number of likely N-dealkylation sites (tertiary alicyclic amines) is 2. The molecule has 2 aromatic carbocycles. The van der Waals surface area contributed by atoms with Gasteiger partial charge >= 0.3 is 0 Å². The van der Waals surface area contributed by atoms with E-state index in [0.29, 0.717) is 35.5 Å². The first-order valence-corrected chi connectivity index (χ1v) is 13.5. The number of carbonyl (C=O) groups is 1. The van der Waals surface area contributed by atoms with E-state index in [4.69, 9.17) is 23.2 Å². The first-order chi connectivity index (χ1) is 16.8. The Balaban J connectivity index is 1.17. The molecule has 3 fully saturated rings. The van der Waals surface area contributed by atoms with Crippen LogP contribution in [0.5, 0.6) is 0 Å². The maximum Gasteiger partial charge on any atom is 0.225 e. The highest BCUT2D eigenvalue weighted by molar-refractivity contribution is 6.39. The molecule has 35 heavy (non-hydrogen) atoms. The van der Waals surface area contributed by atoms with E-state index in [1.165, 1.54) is 22.3 Å². The van der Waals surface area contributed by atoms with Gasteiger partial charge in [-0.25, -0.2) is 0 Å². The van der Waals surface area contributed by atoms with Crippen LogP contribution in [0.4, 0.5) is 5.69 Å². The molecule has 1 unspecified atom stereocenters. The summed E-state index contributed by atoms with van der Waals surface area (Å²) < 4.78 is 0. The van der Waals surface area contributed by atoms with E-state index in [0.717, 1.165) is 51.3 Å². The Morgan fingerprint density at radius 2 is 1.60 bits per heavy atom. The molecule has 188 valence electrons. The Hall–Kier alpha value is -1.79.